The SMILES string of the molecule is CC1(C)[C@H](C(=O)OCc2c(F)c(F)cc(F)c2NCc2ccccc2)[C@@H]1C=C(Br)Br. The predicted molar refractivity (Wildman–Crippen MR) is 117 cm³/mol. The minimum Gasteiger partial charge on any atom is -0.460 e. The molecule has 0 radical (unpaired) electrons. The maximum atomic E-state index is 14.4. The van der Waals surface area contributed by atoms with Gasteiger partial charge in [-0.25, -0.2) is 13.2 Å². The Kier molecular flexibility index (Phi) is 6.97. The van der Waals surface area contributed by atoms with Gasteiger partial charge < -0.3 is 10.1 Å². The molecule has 8 heteroatoms. The summed E-state index contributed by atoms with van der Waals surface area (Å²) in [5.41, 5.74) is -0.0761. The number of esters is 1. The van der Waals surface area contributed by atoms with Crippen LogP contribution in [0.15, 0.2) is 45.9 Å². The average Bonchev–Trinajstić information content (AvgIpc) is 3.22. The molecule has 2 atom stereocenters. The van der Waals surface area contributed by atoms with Crippen molar-refractivity contribution in [2.24, 2.45) is 17.3 Å². The highest BCUT2D eigenvalue weighted by molar-refractivity contribution is 9.28. The van der Waals surface area contributed by atoms with Crippen molar-refractivity contribution < 1.29 is 22.7 Å². The van der Waals surface area contributed by atoms with Gasteiger partial charge in [-0.15, -0.1) is 0 Å². The molecule has 1 fully saturated rings. The van der Waals surface area contributed by atoms with Gasteiger partial charge in [0, 0.05) is 12.6 Å². The van der Waals surface area contributed by atoms with Crippen LogP contribution in [0.1, 0.15) is 25.0 Å². The number of hydrogen-bond donors (Lipinski definition) is 1. The minimum absolute atomic E-state index is 0.0662. The summed E-state index contributed by atoms with van der Waals surface area (Å²) in [6.07, 6.45) is 1.85. The Bertz CT molecular complexity index is 976. The van der Waals surface area contributed by atoms with E-state index in [1.807, 2.05) is 50.3 Å². The van der Waals surface area contributed by atoms with Gasteiger partial charge in [0.15, 0.2) is 11.6 Å². The maximum absolute atomic E-state index is 14.4. The molecule has 0 spiro atoms. The Morgan fingerprint density at radius 3 is 2.47 bits per heavy atom. The molecule has 0 heterocycles. The van der Waals surface area contributed by atoms with Crippen LogP contribution in [0.3, 0.4) is 0 Å². The molecular formula is C22H20Br2F3NO2. The second-order valence-electron chi connectivity index (χ2n) is 7.74. The number of allylic oxidation sites excluding steroid dienone is 1. The van der Waals surface area contributed by atoms with E-state index in [1.54, 1.807) is 0 Å². The Labute approximate surface area is 189 Å². The number of carbonyl (C=O) groups is 1. The summed E-state index contributed by atoms with van der Waals surface area (Å²) < 4.78 is 48.6. The zero-order valence-electron chi connectivity index (χ0n) is 16.3. The number of halogens is 5. The predicted octanol–water partition coefficient (Wildman–Crippen LogP) is 6.66. The van der Waals surface area contributed by atoms with Gasteiger partial charge in [-0.2, -0.15) is 0 Å². The number of benzene rings is 2. The number of ether oxygens (including phenoxy) is 1. The van der Waals surface area contributed by atoms with Crippen LogP contribution in [0.2, 0.25) is 0 Å². The van der Waals surface area contributed by atoms with E-state index in [9.17, 15) is 18.0 Å². The van der Waals surface area contributed by atoms with Crippen LogP contribution >= 0.6 is 31.9 Å². The van der Waals surface area contributed by atoms with Crippen LogP contribution in [0.5, 0.6) is 0 Å². The second-order valence-corrected chi connectivity index (χ2v) is 10.5. The van der Waals surface area contributed by atoms with Crippen molar-refractivity contribution in [3.05, 3.63) is 74.4 Å². The molecule has 2 aromatic carbocycles. The van der Waals surface area contributed by atoms with E-state index in [1.165, 1.54) is 0 Å². The summed E-state index contributed by atoms with van der Waals surface area (Å²) in [7, 11) is 0. The fourth-order valence-electron chi connectivity index (χ4n) is 3.57. The van der Waals surface area contributed by atoms with Gasteiger partial charge in [0.2, 0.25) is 0 Å². The molecular weight excluding hydrogens is 527 g/mol. The molecule has 1 aliphatic rings. The third kappa shape index (κ3) is 4.91. The van der Waals surface area contributed by atoms with Crippen molar-refractivity contribution in [2.75, 3.05) is 5.32 Å². The molecule has 3 nitrogen and oxygen atoms in total. The molecule has 1 saturated carbocycles. The van der Waals surface area contributed by atoms with Crippen LogP contribution in [-0.4, -0.2) is 5.97 Å². The van der Waals surface area contributed by atoms with Crippen molar-refractivity contribution in [1.29, 1.82) is 0 Å². The molecule has 0 unspecified atom stereocenters. The highest BCUT2D eigenvalue weighted by Gasteiger charge is 2.61. The second kappa shape index (κ2) is 9.14. The number of anilines is 1. The van der Waals surface area contributed by atoms with Gasteiger partial charge in [0.25, 0.3) is 0 Å². The number of nitrogens with one attached hydrogen (secondary N) is 1. The Morgan fingerprint density at radius 1 is 1.17 bits per heavy atom. The molecule has 2 aromatic rings. The standard InChI is InChI=1S/C22H20Br2F3NO2/c1-22(2)14(8-17(23)24)18(22)21(29)30-11-13-19(27)15(25)9-16(26)20(13)28-10-12-6-4-3-5-7-12/h3-9,14,18,28H,10-11H2,1-2H3/t14-,18-/m0/s1. The highest BCUT2D eigenvalue weighted by atomic mass is 79.9. The third-order valence-corrected chi connectivity index (χ3v) is 5.94. The quantitative estimate of drug-likeness (QED) is 0.311. The van der Waals surface area contributed by atoms with Crippen molar-refractivity contribution in [2.45, 2.75) is 27.0 Å². The first kappa shape index (κ1) is 22.9. The Hall–Kier alpha value is -1.80. The van der Waals surface area contributed by atoms with Crippen LogP contribution in [0, 0.1) is 34.7 Å². The van der Waals surface area contributed by atoms with E-state index in [-0.39, 0.29) is 29.1 Å². The van der Waals surface area contributed by atoms with Crippen LogP contribution in [-0.2, 0) is 22.7 Å². The zero-order valence-corrected chi connectivity index (χ0v) is 19.5. The monoisotopic (exact) mass is 545 g/mol. The van der Waals surface area contributed by atoms with Gasteiger partial charge >= 0.3 is 5.97 Å². The summed E-state index contributed by atoms with van der Waals surface area (Å²) in [5, 5.41) is 2.79. The lowest BCUT2D eigenvalue weighted by molar-refractivity contribution is -0.147. The minimum atomic E-state index is -1.33. The fourth-order valence-corrected chi connectivity index (χ4v) is 4.14. The summed E-state index contributed by atoms with van der Waals surface area (Å²) in [6, 6.07) is 9.57. The average molecular weight is 547 g/mol. The van der Waals surface area contributed by atoms with Gasteiger partial charge in [-0.1, -0.05) is 50.3 Å². The van der Waals surface area contributed by atoms with E-state index < -0.39 is 35.9 Å². The maximum Gasteiger partial charge on any atom is 0.310 e. The van der Waals surface area contributed by atoms with Gasteiger partial charge in [0.05, 0.1) is 20.6 Å². The number of carbonyl (C=O) groups excluding carboxylic acids is 1. The summed E-state index contributed by atoms with van der Waals surface area (Å²) >= 11 is 6.55. The lowest BCUT2D eigenvalue weighted by Gasteiger charge is -2.15. The third-order valence-electron chi connectivity index (χ3n) is 5.41. The first-order valence-corrected chi connectivity index (χ1v) is 10.8. The summed E-state index contributed by atoms with van der Waals surface area (Å²) in [5.74, 6) is -4.56. The number of hydrogen-bond acceptors (Lipinski definition) is 3. The molecule has 0 bridgehead atoms. The Morgan fingerprint density at radius 2 is 1.83 bits per heavy atom. The molecule has 0 aliphatic heterocycles. The van der Waals surface area contributed by atoms with E-state index >= 15 is 0 Å². The largest absolute Gasteiger partial charge is 0.460 e. The van der Waals surface area contributed by atoms with Crippen LogP contribution < -0.4 is 5.32 Å². The molecule has 1 aliphatic carbocycles. The van der Waals surface area contributed by atoms with Crippen LogP contribution in [0.4, 0.5) is 18.9 Å². The van der Waals surface area contributed by atoms with Gasteiger partial charge in [-0.05, 0) is 48.8 Å². The van der Waals surface area contributed by atoms with E-state index in [0.717, 1.165) is 5.56 Å². The molecule has 160 valence electrons. The molecule has 0 aromatic heterocycles. The molecule has 0 amide bonds. The zero-order chi connectivity index (χ0) is 22.1. The topological polar surface area (TPSA) is 38.3 Å². The van der Waals surface area contributed by atoms with Crippen molar-refractivity contribution >= 4 is 43.5 Å². The molecule has 1 N–H and O–H groups in total. The fraction of sp³-hybridized carbons (Fsp3) is 0.318. The smallest absolute Gasteiger partial charge is 0.310 e. The molecule has 0 saturated heterocycles. The number of rotatable bonds is 7. The van der Waals surface area contributed by atoms with Gasteiger partial charge in [-0.3, -0.25) is 4.79 Å². The van der Waals surface area contributed by atoms with Crippen molar-refractivity contribution in [3.8, 4) is 0 Å². The lowest BCUT2D eigenvalue weighted by atomic mass is 10.1. The normalized spacial score (nSPS) is 19.2. The molecule has 30 heavy (non-hydrogen) atoms. The van der Waals surface area contributed by atoms with E-state index in [4.69, 9.17) is 4.74 Å². The van der Waals surface area contributed by atoms with E-state index in [0.29, 0.717) is 9.46 Å². The van der Waals surface area contributed by atoms with Crippen LogP contribution in [0.25, 0.3) is 0 Å². The first-order chi connectivity index (χ1) is 14.1. The van der Waals surface area contributed by atoms with Crippen molar-refractivity contribution in [3.63, 3.8) is 0 Å². The van der Waals surface area contributed by atoms with Crippen molar-refractivity contribution in [1.82, 2.24) is 0 Å². The van der Waals surface area contributed by atoms with E-state index in [2.05, 4.69) is 37.2 Å². The van der Waals surface area contributed by atoms with Gasteiger partial charge in [0.1, 0.15) is 12.4 Å². The lowest BCUT2D eigenvalue weighted by Crippen LogP contribution is -2.14. The Balaban J connectivity index is 1.76. The first-order valence-electron chi connectivity index (χ1n) is 9.26. The summed E-state index contributed by atoms with van der Waals surface area (Å²) in [6.45, 7) is 3.46. The highest BCUT2D eigenvalue weighted by Crippen LogP contribution is 2.60. The molecule has 3 rings (SSSR count). The summed E-state index contributed by atoms with van der Waals surface area (Å²) in [4.78, 5) is 12.5.